The Hall–Kier alpha value is -4.75. The van der Waals surface area contributed by atoms with Crippen LogP contribution in [0, 0.1) is 0 Å². The average molecular weight is 575 g/mol. The molecule has 0 radical (unpaired) electrons. The minimum Gasteiger partial charge on any atom is -0.497 e. The summed E-state index contributed by atoms with van der Waals surface area (Å²) in [5.74, 6) is 2.00. The molecule has 2 aliphatic heterocycles. The Morgan fingerprint density at radius 1 is 0.884 bits per heavy atom. The molecular formula is C36H34N2O5. The van der Waals surface area contributed by atoms with Gasteiger partial charge in [0.1, 0.15) is 12.4 Å². The maximum absolute atomic E-state index is 12.8. The smallest absolute Gasteiger partial charge is 0.339 e. The number of nitrogens with zero attached hydrogens (tertiary/aromatic N) is 2. The van der Waals surface area contributed by atoms with E-state index in [1.165, 1.54) is 22.4 Å². The molecule has 1 aromatic heterocycles. The van der Waals surface area contributed by atoms with Crippen LogP contribution in [0.25, 0.3) is 10.9 Å². The number of hydrogen-bond donors (Lipinski definition) is 0. The SMILES string of the molecule is COc1ccc2c(c1)c1c(n2COC(=O)c2ccccc2)CN2CCc3cc(OC)c(OCc4ccccc4)cc3C2C1. The molecule has 0 saturated heterocycles. The van der Waals surface area contributed by atoms with E-state index in [-0.39, 0.29) is 18.7 Å². The molecule has 0 saturated carbocycles. The molecule has 1 unspecified atom stereocenters. The number of carbonyl (C=O) groups excluding carboxylic acids is 1. The fraction of sp³-hybridized carbons (Fsp3) is 0.250. The molecule has 3 heterocycles. The van der Waals surface area contributed by atoms with Crippen molar-refractivity contribution in [2.24, 2.45) is 0 Å². The molecule has 7 nitrogen and oxygen atoms in total. The zero-order valence-corrected chi connectivity index (χ0v) is 24.4. The van der Waals surface area contributed by atoms with E-state index in [1.54, 1.807) is 26.4 Å². The molecule has 43 heavy (non-hydrogen) atoms. The topological polar surface area (TPSA) is 62.2 Å². The van der Waals surface area contributed by atoms with Crippen molar-refractivity contribution in [1.82, 2.24) is 9.47 Å². The van der Waals surface area contributed by atoms with Gasteiger partial charge in [0.15, 0.2) is 18.2 Å². The molecule has 0 bridgehead atoms. The predicted octanol–water partition coefficient (Wildman–Crippen LogP) is 6.71. The van der Waals surface area contributed by atoms with Crippen molar-refractivity contribution < 1.29 is 23.7 Å². The lowest BCUT2D eigenvalue weighted by molar-refractivity contribution is 0.0366. The predicted molar refractivity (Wildman–Crippen MR) is 165 cm³/mol. The number of methoxy groups -OCH3 is 2. The zero-order chi connectivity index (χ0) is 29.3. The minimum absolute atomic E-state index is 0.148. The molecular weight excluding hydrogens is 540 g/mol. The lowest BCUT2D eigenvalue weighted by Gasteiger charge is -2.41. The maximum atomic E-state index is 12.8. The highest BCUT2D eigenvalue weighted by Crippen LogP contribution is 2.45. The standard InChI is InChI=1S/C36H34N2O5/c1-40-27-13-14-31-29(18-27)30-19-32-28-20-35(42-22-24-9-5-3-6-10-24)34(41-2)17-26(28)15-16-37(32)21-33(30)38(31)23-43-36(39)25-11-7-4-8-12-25/h3-14,17-18,20,32H,15-16,19,21-23H2,1-2H3. The Morgan fingerprint density at radius 2 is 1.67 bits per heavy atom. The molecule has 218 valence electrons. The van der Waals surface area contributed by atoms with Crippen molar-refractivity contribution in [2.45, 2.75) is 38.8 Å². The summed E-state index contributed by atoms with van der Waals surface area (Å²) in [4.78, 5) is 15.4. The quantitative estimate of drug-likeness (QED) is 0.192. The molecule has 7 heteroatoms. The normalized spacial score (nSPS) is 15.7. The summed E-state index contributed by atoms with van der Waals surface area (Å²) < 4.78 is 25.7. The van der Waals surface area contributed by atoms with Crippen LogP contribution in [0.2, 0.25) is 0 Å². The summed E-state index contributed by atoms with van der Waals surface area (Å²) >= 11 is 0. The van der Waals surface area contributed by atoms with Crippen molar-refractivity contribution in [3.05, 3.63) is 125 Å². The van der Waals surface area contributed by atoms with E-state index in [9.17, 15) is 4.79 Å². The summed E-state index contributed by atoms with van der Waals surface area (Å²) in [6.07, 6.45) is 1.75. The Kier molecular flexibility index (Phi) is 7.25. The number of ether oxygens (including phenoxy) is 4. The molecule has 0 fully saturated rings. The molecule has 2 aliphatic rings. The summed E-state index contributed by atoms with van der Waals surface area (Å²) in [7, 11) is 3.39. The first-order valence-electron chi connectivity index (χ1n) is 14.6. The lowest BCUT2D eigenvalue weighted by atomic mass is 9.85. The first kappa shape index (κ1) is 27.1. The van der Waals surface area contributed by atoms with Crippen LogP contribution in [0.5, 0.6) is 17.2 Å². The van der Waals surface area contributed by atoms with Crippen LogP contribution in [0.1, 0.15) is 44.3 Å². The first-order valence-corrected chi connectivity index (χ1v) is 14.6. The second kappa shape index (κ2) is 11.5. The summed E-state index contributed by atoms with van der Waals surface area (Å²) in [6, 6.07) is 30.0. The minimum atomic E-state index is -0.331. The van der Waals surface area contributed by atoms with E-state index in [0.29, 0.717) is 12.2 Å². The Bertz CT molecular complexity index is 1780. The Morgan fingerprint density at radius 3 is 2.44 bits per heavy atom. The van der Waals surface area contributed by atoms with E-state index in [2.05, 4.69) is 45.9 Å². The monoisotopic (exact) mass is 574 g/mol. The van der Waals surface area contributed by atoms with Gasteiger partial charge in [-0.15, -0.1) is 0 Å². The summed E-state index contributed by atoms with van der Waals surface area (Å²) in [5.41, 5.74) is 7.71. The van der Waals surface area contributed by atoms with Gasteiger partial charge < -0.3 is 23.5 Å². The van der Waals surface area contributed by atoms with Crippen molar-refractivity contribution in [3.8, 4) is 17.2 Å². The molecule has 0 aliphatic carbocycles. The molecule has 4 aromatic carbocycles. The van der Waals surface area contributed by atoms with Crippen molar-refractivity contribution in [2.75, 3.05) is 20.8 Å². The van der Waals surface area contributed by atoms with Gasteiger partial charge in [-0.1, -0.05) is 48.5 Å². The third-order valence-electron chi connectivity index (χ3n) is 8.71. The van der Waals surface area contributed by atoms with E-state index < -0.39 is 0 Å². The van der Waals surface area contributed by atoms with Crippen LogP contribution >= 0.6 is 0 Å². The van der Waals surface area contributed by atoms with Gasteiger partial charge in [-0.25, -0.2) is 4.79 Å². The van der Waals surface area contributed by atoms with Gasteiger partial charge in [0.25, 0.3) is 0 Å². The Labute approximate surface area is 251 Å². The van der Waals surface area contributed by atoms with E-state index in [1.807, 2.05) is 42.5 Å². The molecule has 0 N–H and O–H groups in total. The van der Waals surface area contributed by atoms with Crippen molar-refractivity contribution >= 4 is 16.9 Å². The van der Waals surface area contributed by atoms with Crippen molar-refractivity contribution in [1.29, 1.82) is 0 Å². The summed E-state index contributed by atoms with van der Waals surface area (Å²) in [6.45, 7) is 2.31. The van der Waals surface area contributed by atoms with Crippen molar-refractivity contribution in [3.63, 3.8) is 0 Å². The first-order chi connectivity index (χ1) is 21.1. The Balaban J connectivity index is 1.23. The molecule has 7 rings (SSSR count). The molecule has 0 amide bonds. The van der Waals surface area contributed by atoms with Gasteiger partial charge in [-0.3, -0.25) is 4.90 Å². The second-order valence-electron chi connectivity index (χ2n) is 11.1. The van der Waals surface area contributed by atoms with E-state index in [4.69, 9.17) is 18.9 Å². The highest BCUT2D eigenvalue weighted by Gasteiger charge is 2.36. The summed E-state index contributed by atoms with van der Waals surface area (Å²) in [5, 5.41) is 1.13. The van der Waals surface area contributed by atoms with Gasteiger partial charge in [0, 0.05) is 30.2 Å². The number of benzene rings is 4. The van der Waals surface area contributed by atoms with Crippen LogP contribution in [-0.2, 0) is 37.5 Å². The van der Waals surface area contributed by atoms with Gasteiger partial charge in [0.05, 0.1) is 25.3 Å². The largest absolute Gasteiger partial charge is 0.497 e. The van der Waals surface area contributed by atoms with Gasteiger partial charge >= 0.3 is 5.97 Å². The number of carbonyl (C=O) groups is 1. The van der Waals surface area contributed by atoms with Crippen LogP contribution in [0.3, 0.4) is 0 Å². The maximum Gasteiger partial charge on any atom is 0.339 e. The van der Waals surface area contributed by atoms with E-state index in [0.717, 1.165) is 59.6 Å². The van der Waals surface area contributed by atoms with E-state index >= 15 is 0 Å². The van der Waals surface area contributed by atoms with Crippen LogP contribution < -0.4 is 14.2 Å². The fourth-order valence-corrected chi connectivity index (χ4v) is 6.50. The van der Waals surface area contributed by atoms with Crippen LogP contribution in [0.15, 0.2) is 91.0 Å². The third-order valence-corrected chi connectivity index (χ3v) is 8.71. The highest BCUT2D eigenvalue weighted by molar-refractivity contribution is 5.90. The number of rotatable bonds is 8. The zero-order valence-electron chi connectivity index (χ0n) is 24.4. The average Bonchev–Trinajstić information content (AvgIpc) is 3.37. The van der Waals surface area contributed by atoms with Crippen LogP contribution in [-0.4, -0.2) is 36.2 Å². The van der Waals surface area contributed by atoms with Gasteiger partial charge in [0.2, 0.25) is 0 Å². The molecule has 5 aromatic rings. The van der Waals surface area contributed by atoms with Crippen LogP contribution in [0.4, 0.5) is 0 Å². The van der Waals surface area contributed by atoms with Gasteiger partial charge in [-0.2, -0.15) is 0 Å². The lowest BCUT2D eigenvalue weighted by Crippen LogP contribution is -2.40. The third kappa shape index (κ3) is 5.10. The second-order valence-corrected chi connectivity index (χ2v) is 11.1. The number of esters is 1. The molecule has 1 atom stereocenters. The fourth-order valence-electron chi connectivity index (χ4n) is 6.50. The number of fused-ring (bicyclic) bond motifs is 6. The number of aromatic nitrogens is 1. The molecule has 0 spiro atoms. The highest BCUT2D eigenvalue weighted by atomic mass is 16.5. The van der Waals surface area contributed by atoms with Gasteiger partial charge in [-0.05, 0) is 77.6 Å². The number of hydrogen-bond acceptors (Lipinski definition) is 6.